The van der Waals surface area contributed by atoms with Crippen molar-refractivity contribution in [1.29, 1.82) is 0 Å². The lowest BCUT2D eigenvalue weighted by Gasteiger charge is -2.25. The molecule has 8 heteroatoms. The highest BCUT2D eigenvalue weighted by molar-refractivity contribution is 7.93. The van der Waals surface area contributed by atoms with Crippen LogP contribution in [-0.4, -0.2) is 23.0 Å². The molecule has 6 nitrogen and oxygen atoms in total. The fourth-order valence-corrected chi connectivity index (χ4v) is 4.95. The number of halogens is 1. The van der Waals surface area contributed by atoms with Crippen molar-refractivity contribution in [3.05, 3.63) is 89.3 Å². The van der Waals surface area contributed by atoms with E-state index in [0.29, 0.717) is 28.6 Å². The quantitative estimate of drug-likeness (QED) is 0.460. The van der Waals surface area contributed by atoms with Crippen LogP contribution in [-0.2, 0) is 23.0 Å². The summed E-state index contributed by atoms with van der Waals surface area (Å²) in [7, 11) is -3.94. The molecule has 0 aliphatic carbocycles. The molecule has 29 heavy (non-hydrogen) atoms. The molecule has 0 aliphatic heterocycles. The molecule has 0 saturated carbocycles. The van der Waals surface area contributed by atoms with Crippen LogP contribution < -0.4 is 4.31 Å². The summed E-state index contributed by atoms with van der Waals surface area (Å²) in [6, 6.07) is 19.5. The zero-order valence-electron chi connectivity index (χ0n) is 15.7. The highest BCUT2D eigenvalue weighted by atomic mass is 35.5. The molecule has 0 radical (unpaired) electrons. The van der Waals surface area contributed by atoms with E-state index in [1.165, 1.54) is 4.31 Å². The number of rotatable bonds is 6. The Kier molecular flexibility index (Phi) is 5.25. The summed E-state index contributed by atoms with van der Waals surface area (Å²) >= 11 is 6.16. The van der Waals surface area contributed by atoms with Crippen molar-refractivity contribution in [3.8, 4) is 0 Å². The molecule has 2 aromatic heterocycles. The number of hydrogen-bond donors (Lipinski definition) is 0. The third-order valence-electron chi connectivity index (χ3n) is 4.62. The van der Waals surface area contributed by atoms with E-state index in [2.05, 4.69) is 10.2 Å². The average molecular weight is 427 g/mol. The summed E-state index contributed by atoms with van der Waals surface area (Å²) < 4.78 is 30.6. The number of nitrogens with zero attached hydrogens (tertiary/aromatic N) is 4. The summed E-state index contributed by atoms with van der Waals surface area (Å²) in [6.07, 6.45) is 2.42. The largest absolute Gasteiger partial charge is 0.285 e. The molecule has 4 aromatic rings. The van der Waals surface area contributed by atoms with E-state index in [1.54, 1.807) is 47.0 Å². The number of aromatic nitrogens is 3. The van der Waals surface area contributed by atoms with Gasteiger partial charge in [-0.15, -0.1) is 10.2 Å². The van der Waals surface area contributed by atoms with Crippen LogP contribution in [0.25, 0.3) is 5.65 Å². The Morgan fingerprint density at radius 3 is 2.52 bits per heavy atom. The molecule has 4 rings (SSSR count). The van der Waals surface area contributed by atoms with Crippen molar-refractivity contribution < 1.29 is 8.42 Å². The number of benzene rings is 2. The van der Waals surface area contributed by atoms with E-state index in [0.717, 1.165) is 5.56 Å². The first kappa shape index (κ1) is 19.4. The SMILES string of the molecule is CCc1nnc2c(S(=O)(=O)N(Cc3ccccc3)c3cccc(Cl)c3)cccn12. The Morgan fingerprint density at radius 1 is 1.00 bits per heavy atom. The van der Waals surface area contributed by atoms with Gasteiger partial charge in [-0.2, -0.15) is 0 Å². The molecule has 0 amide bonds. The van der Waals surface area contributed by atoms with Gasteiger partial charge in [-0.25, -0.2) is 8.42 Å². The maximum Gasteiger partial charge on any atom is 0.268 e. The van der Waals surface area contributed by atoms with Crippen LogP contribution in [0.2, 0.25) is 5.02 Å². The second-order valence-corrected chi connectivity index (χ2v) is 8.78. The monoisotopic (exact) mass is 426 g/mol. The third-order valence-corrected chi connectivity index (χ3v) is 6.65. The lowest BCUT2D eigenvalue weighted by molar-refractivity contribution is 0.590. The fraction of sp³-hybridized carbons (Fsp3) is 0.143. The van der Waals surface area contributed by atoms with Crippen molar-refractivity contribution in [2.45, 2.75) is 24.8 Å². The first-order chi connectivity index (χ1) is 14.0. The minimum atomic E-state index is -3.94. The van der Waals surface area contributed by atoms with Gasteiger partial charge in [-0.05, 0) is 35.9 Å². The second-order valence-electron chi connectivity index (χ2n) is 6.51. The molecule has 0 fully saturated rings. The lowest BCUT2D eigenvalue weighted by Crippen LogP contribution is -2.31. The smallest absolute Gasteiger partial charge is 0.268 e. The van der Waals surface area contributed by atoms with E-state index >= 15 is 0 Å². The molecular formula is C21H19ClN4O2S. The molecule has 148 valence electrons. The number of hydrogen-bond acceptors (Lipinski definition) is 4. The Bertz CT molecular complexity index is 1260. The normalized spacial score (nSPS) is 11.7. The van der Waals surface area contributed by atoms with Crippen LogP contribution >= 0.6 is 11.6 Å². The van der Waals surface area contributed by atoms with Gasteiger partial charge in [0.15, 0.2) is 5.65 Å². The van der Waals surface area contributed by atoms with Gasteiger partial charge in [-0.3, -0.25) is 8.71 Å². The second kappa shape index (κ2) is 7.85. The number of pyridine rings is 1. The summed E-state index contributed by atoms with van der Waals surface area (Å²) in [5.41, 5.74) is 1.65. The van der Waals surface area contributed by atoms with Crippen LogP contribution in [0.1, 0.15) is 18.3 Å². The van der Waals surface area contributed by atoms with E-state index in [-0.39, 0.29) is 11.4 Å². The van der Waals surface area contributed by atoms with Gasteiger partial charge in [0.25, 0.3) is 10.0 Å². The molecule has 0 unspecified atom stereocenters. The minimum Gasteiger partial charge on any atom is -0.285 e. The van der Waals surface area contributed by atoms with E-state index < -0.39 is 10.0 Å². The molecular weight excluding hydrogens is 408 g/mol. The molecule has 0 bridgehead atoms. The van der Waals surface area contributed by atoms with E-state index in [4.69, 9.17) is 11.6 Å². The standard InChI is InChI=1S/C21H19ClN4O2S/c1-2-20-23-24-21-19(12-7-13-25(20)21)29(27,28)26(15-16-8-4-3-5-9-16)18-11-6-10-17(22)14-18/h3-14H,2,15H2,1H3. The first-order valence-electron chi connectivity index (χ1n) is 9.15. The molecule has 0 N–H and O–H groups in total. The van der Waals surface area contributed by atoms with Crippen LogP contribution in [0.4, 0.5) is 5.69 Å². The zero-order chi connectivity index (χ0) is 20.4. The van der Waals surface area contributed by atoms with Gasteiger partial charge >= 0.3 is 0 Å². The maximum absolute atomic E-state index is 13.8. The van der Waals surface area contributed by atoms with Gasteiger partial charge in [0.1, 0.15) is 10.7 Å². The Balaban J connectivity index is 1.88. The van der Waals surface area contributed by atoms with Crippen molar-refractivity contribution in [3.63, 3.8) is 0 Å². The summed E-state index contributed by atoms with van der Waals surface area (Å²) in [6.45, 7) is 2.12. The number of sulfonamides is 1. The summed E-state index contributed by atoms with van der Waals surface area (Å²) in [5, 5.41) is 8.73. The van der Waals surface area contributed by atoms with Crippen molar-refractivity contribution >= 4 is 33.0 Å². The molecule has 2 heterocycles. The van der Waals surface area contributed by atoms with Crippen LogP contribution in [0.3, 0.4) is 0 Å². The van der Waals surface area contributed by atoms with E-state index in [1.807, 2.05) is 37.3 Å². The summed E-state index contributed by atoms with van der Waals surface area (Å²) in [5.74, 6) is 0.703. The highest BCUT2D eigenvalue weighted by Gasteiger charge is 2.29. The van der Waals surface area contributed by atoms with Gasteiger partial charge in [-0.1, -0.05) is 54.9 Å². The third kappa shape index (κ3) is 3.71. The lowest BCUT2D eigenvalue weighted by atomic mass is 10.2. The van der Waals surface area contributed by atoms with E-state index in [9.17, 15) is 8.42 Å². The Morgan fingerprint density at radius 2 is 1.79 bits per heavy atom. The summed E-state index contributed by atoms with van der Waals surface area (Å²) in [4.78, 5) is 0.100. The van der Waals surface area contributed by atoms with Crippen LogP contribution in [0, 0.1) is 0 Å². The first-order valence-corrected chi connectivity index (χ1v) is 11.0. The molecule has 0 aliphatic rings. The molecule has 0 saturated heterocycles. The number of anilines is 1. The van der Waals surface area contributed by atoms with Crippen molar-refractivity contribution in [1.82, 2.24) is 14.6 Å². The Labute approximate surface area is 174 Å². The molecule has 0 atom stereocenters. The van der Waals surface area contributed by atoms with Crippen LogP contribution in [0.5, 0.6) is 0 Å². The zero-order valence-corrected chi connectivity index (χ0v) is 17.3. The molecule has 2 aromatic carbocycles. The molecule has 0 spiro atoms. The number of aryl methyl sites for hydroxylation is 1. The predicted molar refractivity (Wildman–Crippen MR) is 114 cm³/mol. The average Bonchev–Trinajstić information content (AvgIpc) is 3.16. The minimum absolute atomic E-state index is 0.100. The number of fused-ring (bicyclic) bond motifs is 1. The van der Waals surface area contributed by atoms with Crippen molar-refractivity contribution in [2.75, 3.05) is 4.31 Å². The maximum atomic E-state index is 13.8. The Hall–Kier alpha value is -2.90. The topological polar surface area (TPSA) is 67.6 Å². The van der Waals surface area contributed by atoms with Gasteiger partial charge in [0, 0.05) is 17.6 Å². The van der Waals surface area contributed by atoms with Gasteiger partial charge in [0.05, 0.1) is 12.2 Å². The van der Waals surface area contributed by atoms with Gasteiger partial charge < -0.3 is 0 Å². The van der Waals surface area contributed by atoms with Gasteiger partial charge in [0.2, 0.25) is 0 Å². The van der Waals surface area contributed by atoms with Crippen LogP contribution in [0.15, 0.2) is 77.8 Å². The fourth-order valence-electron chi connectivity index (χ4n) is 3.20. The van der Waals surface area contributed by atoms with Crippen molar-refractivity contribution in [2.24, 2.45) is 0 Å². The predicted octanol–water partition coefficient (Wildman–Crippen LogP) is 4.34. The highest BCUT2D eigenvalue weighted by Crippen LogP contribution is 2.29.